The fourth-order valence-corrected chi connectivity index (χ4v) is 2.58. The molecule has 0 spiro atoms. The van der Waals surface area contributed by atoms with Crippen LogP contribution in [0.5, 0.6) is 0 Å². The van der Waals surface area contributed by atoms with Crippen molar-refractivity contribution in [1.29, 1.82) is 0 Å². The molecule has 1 atom stereocenters. The van der Waals surface area contributed by atoms with Crippen molar-refractivity contribution in [2.45, 2.75) is 40.3 Å². The van der Waals surface area contributed by atoms with Crippen LogP contribution in [0.4, 0.5) is 0 Å². The summed E-state index contributed by atoms with van der Waals surface area (Å²) in [5.74, 6) is -0.568. The summed E-state index contributed by atoms with van der Waals surface area (Å²) in [6.45, 7) is 7.91. The van der Waals surface area contributed by atoms with Gasteiger partial charge in [-0.2, -0.15) is 5.10 Å². The molecule has 0 fully saturated rings. The van der Waals surface area contributed by atoms with Crippen molar-refractivity contribution < 1.29 is 9.59 Å². The summed E-state index contributed by atoms with van der Waals surface area (Å²) in [6, 6.07) is 9.15. The summed E-state index contributed by atoms with van der Waals surface area (Å²) in [5.41, 5.74) is 9.58. The maximum Gasteiger partial charge on any atom is 0.239 e. The average Bonchev–Trinajstić information content (AvgIpc) is 2.95. The standard InChI is InChI=1S/C19H27N5O2/c1-12(2)18(20)19(26)22-11-17(25)21-10-15-7-5-6-8-16(15)24-14(4)9-13(3)23-24/h5-9,12,18H,10-11,20H2,1-4H3,(H,21,25)(H,22,26)/t18-/m0/s1. The molecule has 7 heteroatoms. The SMILES string of the molecule is Cc1cc(C)n(-c2ccccc2CNC(=O)CNC(=O)[C@@H](N)C(C)C)n1. The fourth-order valence-electron chi connectivity index (χ4n) is 2.58. The molecule has 7 nitrogen and oxygen atoms in total. The lowest BCUT2D eigenvalue weighted by Crippen LogP contribution is -2.47. The van der Waals surface area contributed by atoms with E-state index in [0.29, 0.717) is 6.54 Å². The van der Waals surface area contributed by atoms with Gasteiger partial charge in [0.25, 0.3) is 0 Å². The number of carbonyl (C=O) groups is 2. The van der Waals surface area contributed by atoms with Gasteiger partial charge in [0.2, 0.25) is 11.8 Å². The van der Waals surface area contributed by atoms with Crippen molar-refractivity contribution >= 4 is 11.8 Å². The molecule has 1 heterocycles. The summed E-state index contributed by atoms with van der Waals surface area (Å²) >= 11 is 0. The van der Waals surface area contributed by atoms with E-state index in [4.69, 9.17) is 5.73 Å². The van der Waals surface area contributed by atoms with Gasteiger partial charge in [-0.15, -0.1) is 0 Å². The van der Waals surface area contributed by atoms with Gasteiger partial charge in [-0.3, -0.25) is 9.59 Å². The number of nitrogens with two attached hydrogens (primary N) is 1. The molecule has 0 saturated carbocycles. The molecule has 2 aromatic rings. The Labute approximate surface area is 154 Å². The number of aromatic nitrogens is 2. The number of aryl methyl sites for hydroxylation is 2. The summed E-state index contributed by atoms with van der Waals surface area (Å²) in [5, 5.41) is 9.89. The second-order valence-corrected chi connectivity index (χ2v) is 6.73. The minimum atomic E-state index is -0.616. The Morgan fingerprint density at radius 3 is 2.50 bits per heavy atom. The number of benzene rings is 1. The Kier molecular flexibility index (Phi) is 6.52. The lowest BCUT2D eigenvalue weighted by atomic mass is 10.1. The third kappa shape index (κ3) is 4.92. The van der Waals surface area contributed by atoms with Crippen molar-refractivity contribution in [2.75, 3.05) is 6.54 Å². The highest BCUT2D eigenvalue weighted by atomic mass is 16.2. The zero-order valence-electron chi connectivity index (χ0n) is 15.7. The summed E-state index contributed by atoms with van der Waals surface area (Å²) in [6.07, 6.45) is 0. The lowest BCUT2D eigenvalue weighted by Gasteiger charge is -2.15. The van der Waals surface area contributed by atoms with E-state index >= 15 is 0 Å². The molecule has 0 aliphatic heterocycles. The molecule has 140 valence electrons. The zero-order valence-corrected chi connectivity index (χ0v) is 15.7. The predicted octanol–water partition coefficient (Wildman–Crippen LogP) is 1.20. The minimum Gasteiger partial charge on any atom is -0.350 e. The predicted molar refractivity (Wildman–Crippen MR) is 101 cm³/mol. The number of hydrogen-bond acceptors (Lipinski definition) is 4. The van der Waals surface area contributed by atoms with Gasteiger partial charge in [0.15, 0.2) is 0 Å². The van der Waals surface area contributed by atoms with E-state index in [1.807, 2.05) is 62.7 Å². The van der Waals surface area contributed by atoms with E-state index in [0.717, 1.165) is 22.6 Å². The largest absolute Gasteiger partial charge is 0.350 e. The average molecular weight is 357 g/mol. The number of carbonyl (C=O) groups excluding carboxylic acids is 2. The first-order valence-corrected chi connectivity index (χ1v) is 8.71. The molecule has 0 aliphatic carbocycles. The Morgan fingerprint density at radius 2 is 1.88 bits per heavy atom. The fraction of sp³-hybridized carbons (Fsp3) is 0.421. The van der Waals surface area contributed by atoms with E-state index in [-0.39, 0.29) is 24.3 Å². The minimum absolute atomic E-state index is 0.0192. The van der Waals surface area contributed by atoms with Crippen molar-refractivity contribution in [1.82, 2.24) is 20.4 Å². The summed E-state index contributed by atoms with van der Waals surface area (Å²) in [7, 11) is 0. The highest BCUT2D eigenvalue weighted by molar-refractivity contribution is 5.87. The van der Waals surface area contributed by atoms with Gasteiger partial charge in [-0.05, 0) is 37.5 Å². The Hall–Kier alpha value is -2.67. The van der Waals surface area contributed by atoms with Crippen LogP contribution in [0.2, 0.25) is 0 Å². The smallest absolute Gasteiger partial charge is 0.239 e. The van der Waals surface area contributed by atoms with E-state index in [1.54, 1.807) is 0 Å². The summed E-state index contributed by atoms with van der Waals surface area (Å²) < 4.78 is 1.86. The van der Waals surface area contributed by atoms with Gasteiger partial charge in [0.05, 0.1) is 24.0 Å². The van der Waals surface area contributed by atoms with Gasteiger partial charge in [0.1, 0.15) is 0 Å². The van der Waals surface area contributed by atoms with E-state index in [9.17, 15) is 9.59 Å². The van der Waals surface area contributed by atoms with Crippen LogP contribution in [-0.4, -0.2) is 34.2 Å². The third-order valence-corrected chi connectivity index (χ3v) is 4.15. The van der Waals surface area contributed by atoms with Gasteiger partial charge in [-0.25, -0.2) is 4.68 Å². The van der Waals surface area contributed by atoms with Crippen LogP contribution in [-0.2, 0) is 16.1 Å². The molecule has 0 aliphatic rings. The number of hydrogen-bond donors (Lipinski definition) is 3. The van der Waals surface area contributed by atoms with Gasteiger partial charge < -0.3 is 16.4 Å². The van der Waals surface area contributed by atoms with Crippen molar-refractivity contribution in [3.63, 3.8) is 0 Å². The number of nitrogens with one attached hydrogen (secondary N) is 2. The first-order valence-electron chi connectivity index (χ1n) is 8.71. The molecule has 1 aromatic heterocycles. The first-order chi connectivity index (χ1) is 12.3. The molecule has 26 heavy (non-hydrogen) atoms. The molecule has 2 amide bonds. The second-order valence-electron chi connectivity index (χ2n) is 6.73. The molecule has 0 radical (unpaired) electrons. The molecular weight excluding hydrogens is 330 g/mol. The van der Waals surface area contributed by atoms with E-state index < -0.39 is 6.04 Å². The van der Waals surface area contributed by atoms with Gasteiger partial charge in [0, 0.05) is 12.2 Å². The Balaban J connectivity index is 1.97. The second kappa shape index (κ2) is 8.62. The van der Waals surface area contributed by atoms with Crippen LogP contribution in [0.3, 0.4) is 0 Å². The Bertz CT molecular complexity index is 782. The van der Waals surface area contributed by atoms with Gasteiger partial charge >= 0.3 is 0 Å². The van der Waals surface area contributed by atoms with Crippen molar-refractivity contribution in [3.8, 4) is 5.69 Å². The number of rotatable bonds is 7. The van der Waals surface area contributed by atoms with Crippen LogP contribution in [0.15, 0.2) is 30.3 Å². The molecular formula is C19H27N5O2. The van der Waals surface area contributed by atoms with Crippen LogP contribution < -0.4 is 16.4 Å². The van der Waals surface area contributed by atoms with Crippen molar-refractivity contribution in [3.05, 3.63) is 47.3 Å². The third-order valence-electron chi connectivity index (χ3n) is 4.15. The highest BCUT2D eigenvalue weighted by Crippen LogP contribution is 2.16. The van der Waals surface area contributed by atoms with Crippen molar-refractivity contribution in [2.24, 2.45) is 11.7 Å². The monoisotopic (exact) mass is 357 g/mol. The topological polar surface area (TPSA) is 102 Å². The number of nitrogens with zero attached hydrogens (tertiary/aromatic N) is 2. The van der Waals surface area contributed by atoms with Crippen LogP contribution >= 0.6 is 0 Å². The number of para-hydroxylation sites is 1. The lowest BCUT2D eigenvalue weighted by molar-refractivity contribution is -0.127. The molecule has 2 rings (SSSR count). The Morgan fingerprint density at radius 1 is 1.19 bits per heavy atom. The number of amides is 2. The maximum atomic E-state index is 12.0. The molecule has 1 aromatic carbocycles. The zero-order chi connectivity index (χ0) is 19.3. The normalized spacial score (nSPS) is 12.1. The van der Waals surface area contributed by atoms with Gasteiger partial charge in [-0.1, -0.05) is 32.0 Å². The van der Waals surface area contributed by atoms with Crippen LogP contribution in [0.25, 0.3) is 5.69 Å². The quantitative estimate of drug-likeness (QED) is 0.693. The molecule has 0 bridgehead atoms. The molecule has 0 unspecified atom stereocenters. The maximum absolute atomic E-state index is 12.0. The van der Waals surface area contributed by atoms with Crippen LogP contribution in [0.1, 0.15) is 30.8 Å². The molecule has 4 N–H and O–H groups in total. The van der Waals surface area contributed by atoms with E-state index in [1.165, 1.54) is 0 Å². The molecule has 0 saturated heterocycles. The van der Waals surface area contributed by atoms with Crippen LogP contribution in [0, 0.1) is 19.8 Å². The highest BCUT2D eigenvalue weighted by Gasteiger charge is 2.17. The van der Waals surface area contributed by atoms with E-state index in [2.05, 4.69) is 15.7 Å². The first kappa shape index (κ1) is 19.7. The summed E-state index contributed by atoms with van der Waals surface area (Å²) in [4.78, 5) is 23.9.